The fourth-order valence-electron chi connectivity index (χ4n) is 3.17. The van der Waals surface area contributed by atoms with Gasteiger partial charge < -0.3 is 4.42 Å². The lowest BCUT2D eigenvalue weighted by Crippen LogP contribution is -2.29. The molecule has 0 bridgehead atoms. The molecule has 2 heterocycles. The summed E-state index contributed by atoms with van der Waals surface area (Å²) in [5.74, 6) is 2.38. The van der Waals surface area contributed by atoms with Crippen LogP contribution in [0, 0.1) is 10.7 Å². The van der Waals surface area contributed by atoms with Gasteiger partial charge in [-0.1, -0.05) is 37.3 Å². The first-order chi connectivity index (χ1) is 12.7. The van der Waals surface area contributed by atoms with Gasteiger partial charge >= 0.3 is 0 Å². The highest BCUT2D eigenvalue weighted by Gasteiger charge is 2.24. The molecule has 1 aromatic carbocycles. The summed E-state index contributed by atoms with van der Waals surface area (Å²) in [6.45, 7) is 5.73. The number of benzene rings is 1. The number of aromatic nitrogens is 3. The van der Waals surface area contributed by atoms with Crippen LogP contribution in [0.25, 0.3) is 11.6 Å². The van der Waals surface area contributed by atoms with Crippen molar-refractivity contribution in [3.05, 3.63) is 59.1 Å². The first kappa shape index (κ1) is 17.2. The van der Waals surface area contributed by atoms with E-state index in [1.807, 2.05) is 35.0 Å². The van der Waals surface area contributed by atoms with Gasteiger partial charge in [-0.15, -0.1) is 5.10 Å². The molecule has 0 N–H and O–H groups in total. The maximum absolute atomic E-state index is 5.78. The Labute approximate surface area is 158 Å². The molecule has 3 aromatic rings. The molecule has 1 aliphatic rings. The van der Waals surface area contributed by atoms with Crippen molar-refractivity contribution in [3.8, 4) is 11.6 Å². The van der Waals surface area contributed by atoms with Gasteiger partial charge in [0, 0.05) is 6.54 Å². The Morgan fingerprint density at radius 3 is 2.65 bits per heavy atom. The lowest BCUT2D eigenvalue weighted by Gasteiger charge is -2.19. The first-order valence-corrected chi connectivity index (χ1v) is 9.63. The number of hydrogen-bond acceptors (Lipinski definition) is 4. The maximum Gasteiger partial charge on any atom is 0.199 e. The van der Waals surface area contributed by atoms with Crippen molar-refractivity contribution in [2.24, 2.45) is 5.92 Å². The summed E-state index contributed by atoms with van der Waals surface area (Å²) in [6, 6.07) is 14.2. The Morgan fingerprint density at radius 1 is 1.19 bits per heavy atom. The predicted molar refractivity (Wildman–Crippen MR) is 104 cm³/mol. The molecule has 2 aromatic heterocycles. The second kappa shape index (κ2) is 7.60. The Bertz CT molecular complexity index is 894. The summed E-state index contributed by atoms with van der Waals surface area (Å²) in [5, 5.41) is 4.80. The molecular formula is C20H24N4OS. The summed E-state index contributed by atoms with van der Waals surface area (Å²) in [7, 11) is 0. The molecule has 6 heteroatoms. The zero-order chi connectivity index (χ0) is 17.9. The molecule has 5 nitrogen and oxygen atoms in total. The van der Waals surface area contributed by atoms with Crippen molar-refractivity contribution >= 4 is 12.2 Å². The Balaban J connectivity index is 1.66. The van der Waals surface area contributed by atoms with Crippen molar-refractivity contribution < 1.29 is 4.42 Å². The van der Waals surface area contributed by atoms with E-state index in [1.54, 1.807) is 6.26 Å². The van der Waals surface area contributed by atoms with E-state index in [0.29, 0.717) is 6.54 Å². The monoisotopic (exact) mass is 368 g/mol. The van der Waals surface area contributed by atoms with Gasteiger partial charge in [-0.25, -0.2) is 4.68 Å². The average molecular weight is 369 g/mol. The van der Waals surface area contributed by atoms with Gasteiger partial charge in [0.25, 0.3) is 0 Å². The lowest BCUT2D eigenvalue weighted by atomic mass is 10.2. The van der Waals surface area contributed by atoms with Gasteiger partial charge in [0.05, 0.1) is 19.5 Å². The summed E-state index contributed by atoms with van der Waals surface area (Å²) in [6.07, 6.45) is 4.37. The van der Waals surface area contributed by atoms with E-state index in [9.17, 15) is 0 Å². The molecule has 1 saturated carbocycles. The molecule has 4 rings (SSSR count). The fourth-order valence-corrected chi connectivity index (χ4v) is 3.42. The lowest BCUT2D eigenvalue weighted by molar-refractivity contribution is 0.207. The Morgan fingerprint density at radius 2 is 2.00 bits per heavy atom. The summed E-state index contributed by atoms with van der Waals surface area (Å²) in [5.41, 5.74) is 1.20. The normalized spacial score (nSPS) is 14.2. The molecule has 136 valence electrons. The molecule has 0 atom stereocenters. The molecule has 0 amide bonds. The minimum Gasteiger partial charge on any atom is -0.461 e. The van der Waals surface area contributed by atoms with Crippen LogP contribution in [0.1, 0.15) is 25.3 Å². The molecular weight excluding hydrogens is 344 g/mol. The van der Waals surface area contributed by atoms with Crippen LogP contribution in [0.3, 0.4) is 0 Å². The average Bonchev–Trinajstić information content (AvgIpc) is 3.21. The Kier molecular flexibility index (Phi) is 5.04. The third kappa shape index (κ3) is 3.81. The van der Waals surface area contributed by atoms with E-state index < -0.39 is 0 Å². The third-order valence-corrected chi connectivity index (χ3v) is 5.27. The summed E-state index contributed by atoms with van der Waals surface area (Å²) >= 11 is 5.78. The quantitative estimate of drug-likeness (QED) is 0.552. The van der Waals surface area contributed by atoms with Crippen LogP contribution in [0.2, 0.25) is 0 Å². The predicted octanol–water partition coefficient (Wildman–Crippen LogP) is 4.41. The van der Waals surface area contributed by atoms with Gasteiger partial charge in [-0.05, 0) is 55.2 Å². The standard InChI is InChI=1S/C20H24N4OS/c1-2-22(13-17-10-11-17)15-24-20(26)23(14-16-7-4-3-5-8-16)19(21-24)18-9-6-12-25-18/h3-9,12,17H,2,10-11,13-15H2,1H3. The summed E-state index contributed by atoms with van der Waals surface area (Å²) in [4.78, 5) is 2.42. The zero-order valence-electron chi connectivity index (χ0n) is 15.0. The first-order valence-electron chi connectivity index (χ1n) is 9.22. The fraction of sp³-hybridized carbons (Fsp3) is 0.400. The smallest absolute Gasteiger partial charge is 0.199 e. The molecule has 26 heavy (non-hydrogen) atoms. The number of furan rings is 1. The molecule has 0 unspecified atom stereocenters. The van der Waals surface area contributed by atoms with E-state index in [2.05, 4.69) is 28.5 Å². The van der Waals surface area contributed by atoms with E-state index >= 15 is 0 Å². The highest BCUT2D eigenvalue weighted by molar-refractivity contribution is 7.71. The molecule has 0 saturated heterocycles. The van der Waals surface area contributed by atoms with E-state index in [0.717, 1.165) is 42.0 Å². The van der Waals surface area contributed by atoms with Crippen molar-refractivity contribution in [1.29, 1.82) is 0 Å². The largest absolute Gasteiger partial charge is 0.461 e. The second-order valence-corrected chi connectivity index (χ2v) is 7.27. The highest BCUT2D eigenvalue weighted by atomic mass is 32.1. The van der Waals surface area contributed by atoms with Crippen LogP contribution in [-0.2, 0) is 13.2 Å². The topological polar surface area (TPSA) is 39.1 Å². The zero-order valence-corrected chi connectivity index (χ0v) is 15.9. The summed E-state index contributed by atoms with van der Waals surface area (Å²) < 4.78 is 10.3. The van der Waals surface area contributed by atoms with Crippen molar-refractivity contribution in [2.75, 3.05) is 13.1 Å². The van der Waals surface area contributed by atoms with Crippen LogP contribution >= 0.6 is 12.2 Å². The van der Waals surface area contributed by atoms with Gasteiger partial charge in [0.15, 0.2) is 16.4 Å². The molecule has 0 radical (unpaired) electrons. The minimum absolute atomic E-state index is 0.685. The maximum atomic E-state index is 5.78. The molecule has 1 aliphatic carbocycles. The SMILES string of the molecule is CCN(CC1CC1)Cn1nc(-c2ccco2)n(Cc2ccccc2)c1=S. The van der Waals surface area contributed by atoms with E-state index in [-0.39, 0.29) is 0 Å². The van der Waals surface area contributed by atoms with Crippen LogP contribution < -0.4 is 0 Å². The van der Waals surface area contributed by atoms with Gasteiger partial charge in [0.1, 0.15) is 0 Å². The Hall–Kier alpha value is -2.18. The third-order valence-electron chi connectivity index (χ3n) is 4.84. The van der Waals surface area contributed by atoms with Crippen molar-refractivity contribution in [2.45, 2.75) is 33.0 Å². The minimum atomic E-state index is 0.685. The molecule has 1 fully saturated rings. The highest BCUT2D eigenvalue weighted by Crippen LogP contribution is 2.30. The number of hydrogen-bond donors (Lipinski definition) is 0. The van der Waals surface area contributed by atoms with Gasteiger partial charge in [-0.3, -0.25) is 9.47 Å². The molecule has 0 aliphatic heterocycles. The van der Waals surface area contributed by atoms with Crippen LogP contribution in [0.4, 0.5) is 0 Å². The van der Waals surface area contributed by atoms with Crippen molar-refractivity contribution in [3.63, 3.8) is 0 Å². The van der Waals surface area contributed by atoms with Gasteiger partial charge in [0.2, 0.25) is 0 Å². The molecule has 0 spiro atoms. The number of nitrogens with zero attached hydrogens (tertiary/aromatic N) is 4. The second-order valence-electron chi connectivity index (χ2n) is 6.91. The van der Waals surface area contributed by atoms with Crippen LogP contribution in [0.15, 0.2) is 53.1 Å². The van der Waals surface area contributed by atoms with Crippen molar-refractivity contribution in [1.82, 2.24) is 19.2 Å². The van der Waals surface area contributed by atoms with Crippen LogP contribution in [0.5, 0.6) is 0 Å². The van der Waals surface area contributed by atoms with E-state index in [4.69, 9.17) is 21.7 Å². The van der Waals surface area contributed by atoms with E-state index in [1.165, 1.54) is 18.4 Å². The number of rotatable bonds is 8. The van der Waals surface area contributed by atoms with Crippen LogP contribution in [-0.4, -0.2) is 32.3 Å². The van der Waals surface area contributed by atoms with Gasteiger partial charge in [-0.2, -0.15) is 0 Å².